The number of para-hydroxylation sites is 1. The van der Waals surface area contributed by atoms with E-state index in [0.29, 0.717) is 5.82 Å². The van der Waals surface area contributed by atoms with Crippen LogP contribution in [-0.4, -0.2) is 19.9 Å². The number of fused-ring (bicyclic) bond motifs is 7. The first-order chi connectivity index (χ1) is 21.2. The van der Waals surface area contributed by atoms with Gasteiger partial charge in [-0.25, -0.2) is 19.9 Å². The second kappa shape index (κ2) is 9.64. The normalized spacial score (nSPS) is 11.8. The van der Waals surface area contributed by atoms with Crippen LogP contribution in [0.3, 0.4) is 0 Å². The van der Waals surface area contributed by atoms with Crippen molar-refractivity contribution in [3.8, 4) is 33.9 Å². The molecule has 0 saturated carbocycles. The summed E-state index contributed by atoms with van der Waals surface area (Å²) < 4.78 is 4.72. The number of thiophene rings is 2. The lowest BCUT2D eigenvalue weighted by atomic mass is 10.0. The van der Waals surface area contributed by atoms with Crippen molar-refractivity contribution in [1.29, 1.82) is 0 Å². The average molecular weight is 607 g/mol. The summed E-state index contributed by atoms with van der Waals surface area (Å²) in [4.78, 5) is 19.4. The molecule has 4 nitrogen and oxygen atoms in total. The topological polar surface area (TPSA) is 51.6 Å². The van der Waals surface area contributed by atoms with Crippen molar-refractivity contribution in [2.45, 2.75) is 0 Å². The van der Waals surface area contributed by atoms with Gasteiger partial charge in [-0.15, -0.1) is 22.7 Å². The molecule has 0 fully saturated rings. The van der Waals surface area contributed by atoms with E-state index in [9.17, 15) is 0 Å². The SMILES string of the molecule is Clc1nc(-c2ccc(-c3nc(-c4ccc5c(c4)sc4ccccc45)nc4ccccc34)cc2)c2sc3ccccc3c2n1. The molecule has 9 aromatic rings. The van der Waals surface area contributed by atoms with Crippen LogP contribution in [0.25, 0.3) is 85.3 Å². The molecule has 0 bridgehead atoms. The molecule has 0 saturated heterocycles. The molecule has 0 atom stereocenters. The number of hydrogen-bond acceptors (Lipinski definition) is 6. The lowest BCUT2D eigenvalue weighted by Gasteiger charge is -2.10. The van der Waals surface area contributed by atoms with E-state index in [1.54, 1.807) is 22.7 Å². The van der Waals surface area contributed by atoms with Gasteiger partial charge in [-0.05, 0) is 35.9 Å². The van der Waals surface area contributed by atoms with Gasteiger partial charge in [0.25, 0.3) is 0 Å². The zero-order valence-electron chi connectivity index (χ0n) is 22.5. The summed E-state index contributed by atoms with van der Waals surface area (Å²) >= 11 is 9.92. The van der Waals surface area contributed by atoms with Crippen LogP contribution in [0.2, 0.25) is 5.28 Å². The Bertz CT molecular complexity index is 2530. The molecule has 5 aromatic carbocycles. The molecule has 0 spiro atoms. The van der Waals surface area contributed by atoms with E-state index in [1.807, 2.05) is 24.3 Å². The van der Waals surface area contributed by atoms with Crippen LogP contribution in [-0.2, 0) is 0 Å². The molecule has 0 unspecified atom stereocenters. The highest BCUT2D eigenvalue weighted by atomic mass is 35.5. The summed E-state index contributed by atoms with van der Waals surface area (Å²) in [5, 5.41) is 4.90. The van der Waals surface area contributed by atoms with Crippen LogP contribution in [0, 0.1) is 0 Å². The largest absolute Gasteiger partial charge is 0.228 e. The average Bonchev–Trinajstić information content (AvgIpc) is 3.62. The number of hydrogen-bond donors (Lipinski definition) is 0. The van der Waals surface area contributed by atoms with E-state index in [0.717, 1.165) is 54.6 Å². The van der Waals surface area contributed by atoms with Gasteiger partial charge in [0.15, 0.2) is 5.82 Å². The molecule has 4 aromatic heterocycles. The third kappa shape index (κ3) is 4.02. The Labute approximate surface area is 258 Å². The quantitative estimate of drug-likeness (QED) is 0.188. The second-order valence-electron chi connectivity index (χ2n) is 10.4. The van der Waals surface area contributed by atoms with E-state index >= 15 is 0 Å². The molecule has 0 aliphatic rings. The van der Waals surface area contributed by atoms with Crippen LogP contribution >= 0.6 is 34.3 Å². The van der Waals surface area contributed by atoms with Crippen LogP contribution in [0.1, 0.15) is 0 Å². The first-order valence-corrected chi connectivity index (χ1v) is 15.8. The Morgan fingerprint density at radius 3 is 1.91 bits per heavy atom. The van der Waals surface area contributed by atoms with Crippen LogP contribution in [0.15, 0.2) is 115 Å². The molecule has 0 amide bonds. The summed E-state index contributed by atoms with van der Waals surface area (Å²) in [5.74, 6) is 0.715. The monoisotopic (exact) mass is 606 g/mol. The maximum Gasteiger partial charge on any atom is 0.223 e. The molecule has 202 valence electrons. The second-order valence-corrected chi connectivity index (χ2v) is 12.9. The van der Waals surface area contributed by atoms with Gasteiger partial charge >= 0.3 is 0 Å². The summed E-state index contributed by atoms with van der Waals surface area (Å²) in [6.45, 7) is 0. The van der Waals surface area contributed by atoms with E-state index in [1.165, 1.54) is 24.9 Å². The molecule has 0 aliphatic heterocycles. The van der Waals surface area contributed by atoms with E-state index < -0.39 is 0 Å². The fourth-order valence-corrected chi connectivity index (χ4v) is 8.30. The lowest BCUT2D eigenvalue weighted by Crippen LogP contribution is -1.95. The molecule has 43 heavy (non-hydrogen) atoms. The number of rotatable bonds is 3. The third-order valence-electron chi connectivity index (χ3n) is 7.86. The van der Waals surface area contributed by atoms with Gasteiger partial charge in [0.2, 0.25) is 5.28 Å². The van der Waals surface area contributed by atoms with Crippen molar-refractivity contribution in [2.24, 2.45) is 0 Å². The van der Waals surface area contributed by atoms with Crippen molar-refractivity contribution in [3.05, 3.63) is 121 Å². The van der Waals surface area contributed by atoms with Gasteiger partial charge < -0.3 is 0 Å². The van der Waals surface area contributed by atoms with Gasteiger partial charge in [-0.2, -0.15) is 0 Å². The Balaban J connectivity index is 1.18. The minimum absolute atomic E-state index is 0.247. The molecule has 7 heteroatoms. The minimum Gasteiger partial charge on any atom is -0.228 e. The van der Waals surface area contributed by atoms with Gasteiger partial charge in [-0.1, -0.05) is 91.0 Å². The molecule has 0 aliphatic carbocycles. The molecule has 0 radical (unpaired) electrons. The number of halogens is 1. The third-order valence-corrected chi connectivity index (χ3v) is 10.3. The number of aromatic nitrogens is 4. The van der Waals surface area contributed by atoms with Gasteiger partial charge in [0, 0.05) is 52.3 Å². The van der Waals surface area contributed by atoms with Crippen LogP contribution < -0.4 is 0 Å². The standard InChI is InChI=1S/C36H19ClN4S2/c37-36-40-32(34-33(41-36)26-9-3-6-12-29(26)43-34)21-15-13-20(14-16-21)31-25-8-1-4-10-27(25)38-35(39-31)22-17-18-24-23-7-2-5-11-28(23)42-30(24)19-22/h1-19H. The number of benzene rings is 5. The molecule has 0 N–H and O–H groups in total. The zero-order valence-corrected chi connectivity index (χ0v) is 24.8. The molecule has 9 rings (SSSR count). The van der Waals surface area contributed by atoms with Gasteiger partial charge in [0.05, 0.1) is 27.1 Å². The van der Waals surface area contributed by atoms with Crippen molar-refractivity contribution in [1.82, 2.24) is 19.9 Å². The fourth-order valence-electron chi connectivity index (χ4n) is 5.84. The van der Waals surface area contributed by atoms with Crippen molar-refractivity contribution in [3.63, 3.8) is 0 Å². The minimum atomic E-state index is 0.247. The highest BCUT2D eigenvalue weighted by Gasteiger charge is 2.17. The summed E-state index contributed by atoms with van der Waals surface area (Å²) in [5.41, 5.74) is 6.55. The summed E-state index contributed by atoms with van der Waals surface area (Å²) in [7, 11) is 0. The highest BCUT2D eigenvalue weighted by Crippen LogP contribution is 2.40. The van der Waals surface area contributed by atoms with Gasteiger partial charge in [-0.3, -0.25) is 0 Å². The first-order valence-electron chi connectivity index (χ1n) is 13.8. The summed E-state index contributed by atoms with van der Waals surface area (Å²) in [6, 6.07) is 40.0. The Morgan fingerprint density at radius 1 is 0.465 bits per heavy atom. The highest BCUT2D eigenvalue weighted by molar-refractivity contribution is 7.26. The van der Waals surface area contributed by atoms with Crippen molar-refractivity contribution < 1.29 is 0 Å². The van der Waals surface area contributed by atoms with E-state index in [2.05, 4.69) is 101 Å². The fraction of sp³-hybridized carbons (Fsp3) is 0. The zero-order chi connectivity index (χ0) is 28.5. The van der Waals surface area contributed by atoms with E-state index in [-0.39, 0.29) is 5.28 Å². The Hall–Kier alpha value is -4.75. The Kier molecular flexibility index (Phi) is 5.56. The van der Waals surface area contributed by atoms with Crippen LogP contribution in [0.5, 0.6) is 0 Å². The predicted molar refractivity (Wildman–Crippen MR) is 182 cm³/mol. The van der Waals surface area contributed by atoms with Crippen molar-refractivity contribution >= 4 is 85.7 Å². The van der Waals surface area contributed by atoms with Crippen molar-refractivity contribution in [2.75, 3.05) is 0 Å². The predicted octanol–water partition coefficient (Wildman–Crippen LogP) is 10.8. The lowest BCUT2D eigenvalue weighted by molar-refractivity contribution is 1.23. The van der Waals surface area contributed by atoms with Crippen LogP contribution in [0.4, 0.5) is 0 Å². The maximum absolute atomic E-state index is 6.42. The molecular formula is C36H19ClN4S2. The molecular weight excluding hydrogens is 588 g/mol. The smallest absolute Gasteiger partial charge is 0.223 e. The van der Waals surface area contributed by atoms with Gasteiger partial charge in [0.1, 0.15) is 0 Å². The first kappa shape index (κ1) is 24.8. The maximum atomic E-state index is 6.42. The summed E-state index contributed by atoms with van der Waals surface area (Å²) in [6.07, 6.45) is 0. The molecule has 4 heterocycles. The van der Waals surface area contributed by atoms with E-state index in [4.69, 9.17) is 21.6 Å². The number of nitrogens with zero attached hydrogens (tertiary/aromatic N) is 4. The Morgan fingerprint density at radius 2 is 1.09 bits per heavy atom.